The molecule has 0 amide bonds. The zero-order chi connectivity index (χ0) is 12.9. The van der Waals surface area contributed by atoms with Crippen molar-refractivity contribution in [2.24, 2.45) is 5.73 Å². The normalized spacial score (nSPS) is 22.3. The van der Waals surface area contributed by atoms with Gasteiger partial charge in [0.1, 0.15) is 0 Å². The van der Waals surface area contributed by atoms with Crippen LogP contribution < -0.4 is 10.5 Å². The van der Waals surface area contributed by atoms with Crippen LogP contribution in [-0.2, 0) is 10.2 Å². The summed E-state index contributed by atoms with van der Waals surface area (Å²) in [5.41, 5.74) is 5.11. The minimum Gasteiger partial charge on any atom is -0.330 e. The van der Waals surface area contributed by atoms with Gasteiger partial charge in [0.25, 0.3) is 10.2 Å². The number of nitrogens with one attached hydrogen (secondary N) is 1. The summed E-state index contributed by atoms with van der Waals surface area (Å²) in [6.07, 6.45) is 4.45. The van der Waals surface area contributed by atoms with Crippen LogP contribution in [-0.4, -0.2) is 37.9 Å². The summed E-state index contributed by atoms with van der Waals surface area (Å²) >= 11 is 0. The third-order valence-corrected chi connectivity index (χ3v) is 5.30. The van der Waals surface area contributed by atoms with Crippen LogP contribution in [0.5, 0.6) is 0 Å². The summed E-state index contributed by atoms with van der Waals surface area (Å²) in [5.74, 6) is 0. The van der Waals surface area contributed by atoms with Gasteiger partial charge in [-0.15, -0.1) is 0 Å². The molecule has 1 aliphatic rings. The average Bonchev–Trinajstić information content (AvgIpc) is 2.30. The first-order chi connectivity index (χ1) is 7.93. The van der Waals surface area contributed by atoms with Gasteiger partial charge in [-0.3, -0.25) is 0 Å². The van der Waals surface area contributed by atoms with Crippen LogP contribution in [0.4, 0.5) is 0 Å². The molecule has 0 spiro atoms. The second-order valence-electron chi connectivity index (χ2n) is 5.02. The molecule has 0 aromatic rings. The maximum absolute atomic E-state index is 12.2. The first-order valence-corrected chi connectivity index (χ1v) is 7.87. The van der Waals surface area contributed by atoms with Crippen molar-refractivity contribution in [2.75, 3.05) is 19.6 Å². The van der Waals surface area contributed by atoms with E-state index in [1.165, 1.54) is 0 Å². The second-order valence-corrected chi connectivity index (χ2v) is 6.69. The first-order valence-electron chi connectivity index (χ1n) is 6.42. The van der Waals surface area contributed by atoms with Crippen LogP contribution in [0.15, 0.2) is 0 Å². The third kappa shape index (κ3) is 4.21. The maximum atomic E-state index is 12.2. The molecule has 1 saturated heterocycles. The van der Waals surface area contributed by atoms with Crippen molar-refractivity contribution in [1.29, 1.82) is 0 Å². The molecule has 6 heteroatoms. The van der Waals surface area contributed by atoms with Crippen LogP contribution in [0.3, 0.4) is 0 Å². The zero-order valence-corrected chi connectivity index (χ0v) is 11.7. The molecule has 1 aliphatic heterocycles. The highest BCUT2D eigenvalue weighted by Gasteiger charge is 2.31. The van der Waals surface area contributed by atoms with Gasteiger partial charge in [0.2, 0.25) is 0 Å². The van der Waals surface area contributed by atoms with E-state index in [9.17, 15) is 8.42 Å². The second kappa shape index (κ2) is 6.13. The van der Waals surface area contributed by atoms with Crippen molar-refractivity contribution in [3.05, 3.63) is 0 Å². The van der Waals surface area contributed by atoms with E-state index in [4.69, 9.17) is 5.73 Å². The molecule has 0 aromatic carbocycles. The Bertz CT molecular complexity index is 326. The minimum absolute atomic E-state index is 0.426. The Labute approximate surface area is 105 Å². The molecule has 0 radical (unpaired) electrons. The molecule has 1 atom stereocenters. The number of rotatable bonds is 6. The third-order valence-electron chi connectivity index (χ3n) is 3.51. The van der Waals surface area contributed by atoms with Crippen molar-refractivity contribution in [2.45, 2.75) is 51.5 Å². The van der Waals surface area contributed by atoms with E-state index in [-0.39, 0.29) is 0 Å². The van der Waals surface area contributed by atoms with Gasteiger partial charge in [0.15, 0.2) is 0 Å². The zero-order valence-electron chi connectivity index (χ0n) is 10.9. The summed E-state index contributed by atoms with van der Waals surface area (Å²) in [7, 11) is -3.35. The van der Waals surface area contributed by atoms with Crippen molar-refractivity contribution >= 4 is 10.2 Å². The highest BCUT2D eigenvalue weighted by Crippen LogP contribution is 2.18. The van der Waals surface area contributed by atoms with Crippen LogP contribution in [0, 0.1) is 0 Å². The van der Waals surface area contributed by atoms with Gasteiger partial charge in [0.05, 0.1) is 0 Å². The van der Waals surface area contributed by atoms with E-state index >= 15 is 0 Å². The number of piperidine rings is 1. The molecule has 5 nitrogen and oxygen atoms in total. The van der Waals surface area contributed by atoms with E-state index in [0.29, 0.717) is 26.1 Å². The monoisotopic (exact) mass is 263 g/mol. The Morgan fingerprint density at radius 3 is 2.35 bits per heavy atom. The van der Waals surface area contributed by atoms with Crippen LogP contribution in [0.25, 0.3) is 0 Å². The lowest BCUT2D eigenvalue weighted by Crippen LogP contribution is -2.53. The number of nitrogens with zero attached hydrogens (tertiary/aromatic N) is 1. The van der Waals surface area contributed by atoms with E-state index in [1.54, 1.807) is 4.31 Å². The fourth-order valence-electron chi connectivity index (χ4n) is 2.10. The Hall–Kier alpha value is -0.170. The highest BCUT2D eigenvalue weighted by molar-refractivity contribution is 7.87. The molecule has 102 valence electrons. The smallest absolute Gasteiger partial charge is 0.279 e. The van der Waals surface area contributed by atoms with Crippen LogP contribution >= 0.6 is 0 Å². The van der Waals surface area contributed by atoms with Crippen LogP contribution in [0.1, 0.15) is 46.0 Å². The van der Waals surface area contributed by atoms with Gasteiger partial charge < -0.3 is 5.73 Å². The number of hydrogen-bond donors (Lipinski definition) is 2. The fraction of sp³-hybridized carbons (Fsp3) is 1.00. The Morgan fingerprint density at radius 2 is 1.88 bits per heavy atom. The highest BCUT2D eigenvalue weighted by atomic mass is 32.2. The van der Waals surface area contributed by atoms with Gasteiger partial charge in [0, 0.05) is 18.6 Å². The standard InChI is InChI=1S/C11H25N3O2S/c1-3-11(2,7-8-12)13-17(15,16)14-9-5-4-6-10-14/h13H,3-10,12H2,1-2H3. The van der Waals surface area contributed by atoms with Crippen molar-refractivity contribution in [3.63, 3.8) is 0 Å². The summed E-state index contributed by atoms with van der Waals surface area (Å²) in [6, 6.07) is 0. The largest absolute Gasteiger partial charge is 0.330 e. The lowest BCUT2D eigenvalue weighted by Gasteiger charge is -2.33. The fourth-order valence-corrected chi connectivity index (χ4v) is 3.84. The van der Waals surface area contributed by atoms with Crippen molar-refractivity contribution in [1.82, 2.24) is 9.03 Å². The summed E-state index contributed by atoms with van der Waals surface area (Å²) < 4.78 is 28.8. The minimum atomic E-state index is -3.35. The molecule has 1 rings (SSSR count). The average molecular weight is 263 g/mol. The molecule has 17 heavy (non-hydrogen) atoms. The van der Waals surface area contributed by atoms with Crippen molar-refractivity contribution in [3.8, 4) is 0 Å². The lowest BCUT2D eigenvalue weighted by molar-refractivity contribution is 0.316. The van der Waals surface area contributed by atoms with Crippen LogP contribution in [0.2, 0.25) is 0 Å². The Kier molecular flexibility index (Phi) is 5.37. The van der Waals surface area contributed by atoms with E-state index in [1.807, 2.05) is 13.8 Å². The topological polar surface area (TPSA) is 75.4 Å². The van der Waals surface area contributed by atoms with E-state index in [2.05, 4.69) is 4.72 Å². The molecule has 1 heterocycles. The van der Waals surface area contributed by atoms with E-state index in [0.717, 1.165) is 25.7 Å². The lowest BCUT2D eigenvalue weighted by atomic mass is 9.96. The van der Waals surface area contributed by atoms with Gasteiger partial charge in [-0.25, -0.2) is 0 Å². The van der Waals surface area contributed by atoms with Gasteiger partial charge >= 0.3 is 0 Å². The molecular formula is C11H25N3O2S. The van der Waals surface area contributed by atoms with Gasteiger partial charge in [-0.05, 0) is 39.2 Å². The summed E-state index contributed by atoms with van der Waals surface area (Å²) in [6.45, 7) is 5.66. The Balaban J connectivity index is 2.69. The quantitative estimate of drug-likeness (QED) is 0.745. The molecule has 0 aliphatic carbocycles. The molecule has 0 bridgehead atoms. The van der Waals surface area contributed by atoms with Gasteiger partial charge in [-0.1, -0.05) is 13.3 Å². The van der Waals surface area contributed by atoms with Crippen molar-refractivity contribution < 1.29 is 8.42 Å². The maximum Gasteiger partial charge on any atom is 0.279 e. The van der Waals surface area contributed by atoms with Gasteiger partial charge in [-0.2, -0.15) is 17.4 Å². The first kappa shape index (κ1) is 14.9. The molecule has 3 N–H and O–H groups in total. The molecule has 0 saturated carbocycles. The molecule has 1 unspecified atom stereocenters. The number of nitrogens with two attached hydrogens (primary N) is 1. The number of hydrogen-bond acceptors (Lipinski definition) is 3. The molecule has 0 aromatic heterocycles. The summed E-state index contributed by atoms with van der Waals surface area (Å²) in [4.78, 5) is 0. The Morgan fingerprint density at radius 1 is 1.29 bits per heavy atom. The predicted octanol–water partition coefficient (Wildman–Crippen LogP) is 0.824. The summed E-state index contributed by atoms with van der Waals surface area (Å²) in [5, 5.41) is 0. The molecule has 1 fully saturated rings. The van der Waals surface area contributed by atoms with E-state index < -0.39 is 15.7 Å². The molecular weight excluding hydrogens is 238 g/mol. The predicted molar refractivity (Wildman–Crippen MR) is 69.8 cm³/mol. The SMILES string of the molecule is CCC(C)(CCN)NS(=O)(=O)N1CCCCC1.